The lowest BCUT2D eigenvalue weighted by Crippen LogP contribution is -1.97. The van der Waals surface area contributed by atoms with Crippen LogP contribution in [0.3, 0.4) is 0 Å². The molecule has 0 atom stereocenters. The van der Waals surface area contributed by atoms with Crippen molar-refractivity contribution in [3.05, 3.63) is 42.5 Å². The molecule has 0 bridgehead atoms. The highest BCUT2D eigenvalue weighted by atomic mass is 16.5. The van der Waals surface area contributed by atoms with E-state index < -0.39 is 0 Å². The molecule has 3 heteroatoms. The molecule has 16 heavy (non-hydrogen) atoms. The van der Waals surface area contributed by atoms with Gasteiger partial charge in [-0.3, -0.25) is 4.79 Å². The van der Waals surface area contributed by atoms with E-state index in [1.54, 1.807) is 6.08 Å². The molecule has 0 spiro atoms. The van der Waals surface area contributed by atoms with Gasteiger partial charge in [-0.1, -0.05) is 30.4 Å². The zero-order valence-electron chi connectivity index (χ0n) is 9.39. The molecule has 0 heterocycles. The number of hydrogen-bond donors (Lipinski definition) is 0. The monoisotopic (exact) mass is 220 g/mol. The number of hydrogen-bond acceptors (Lipinski definition) is 3. The van der Waals surface area contributed by atoms with Crippen LogP contribution in [0.15, 0.2) is 42.5 Å². The Hall–Kier alpha value is -1.77. The van der Waals surface area contributed by atoms with E-state index in [0.29, 0.717) is 13.0 Å². The summed E-state index contributed by atoms with van der Waals surface area (Å²) in [4.78, 5) is 10.8. The third-order valence-corrected chi connectivity index (χ3v) is 1.98. The van der Waals surface area contributed by atoms with Crippen LogP contribution >= 0.6 is 0 Å². The number of benzene rings is 1. The van der Waals surface area contributed by atoms with Gasteiger partial charge in [0.05, 0.1) is 20.1 Å². The number of esters is 1. The number of methoxy groups -OCH3 is 1. The molecule has 1 rings (SSSR count). The van der Waals surface area contributed by atoms with E-state index in [1.807, 2.05) is 36.4 Å². The second kappa shape index (κ2) is 7.51. The summed E-state index contributed by atoms with van der Waals surface area (Å²) in [6.45, 7) is 0.613. The summed E-state index contributed by atoms with van der Waals surface area (Å²) in [6, 6.07) is 9.64. The van der Waals surface area contributed by atoms with Gasteiger partial charge in [-0.15, -0.1) is 0 Å². The van der Waals surface area contributed by atoms with Crippen molar-refractivity contribution >= 4 is 5.97 Å². The molecule has 1 aromatic carbocycles. The number of ether oxygens (including phenoxy) is 2. The van der Waals surface area contributed by atoms with E-state index in [2.05, 4.69) is 4.74 Å². The van der Waals surface area contributed by atoms with Gasteiger partial charge in [-0.2, -0.15) is 0 Å². The fraction of sp³-hybridized carbons (Fsp3) is 0.308. The highest BCUT2D eigenvalue weighted by molar-refractivity contribution is 5.70. The van der Waals surface area contributed by atoms with Crippen molar-refractivity contribution in [3.8, 4) is 5.75 Å². The molecule has 0 aromatic heterocycles. The van der Waals surface area contributed by atoms with Crippen molar-refractivity contribution < 1.29 is 14.3 Å². The normalized spacial score (nSPS) is 10.3. The van der Waals surface area contributed by atoms with E-state index in [-0.39, 0.29) is 5.97 Å². The first-order valence-corrected chi connectivity index (χ1v) is 5.22. The van der Waals surface area contributed by atoms with Crippen molar-refractivity contribution in [2.75, 3.05) is 13.7 Å². The molecule has 86 valence electrons. The van der Waals surface area contributed by atoms with Gasteiger partial charge in [0.25, 0.3) is 0 Å². The Morgan fingerprint density at radius 1 is 1.25 bits per heavy atom. The van der Waals surface area contributed by atoms with Crippen LogP contribution < -0.4 is 4.74 Å². The second-order valence-corrected chi connectivity index (χ2v) is 3.20. The fourth-order valence-corrected chi connectivity index (χ4v) is 1.14. The Balaban J connectivity index is 2.10. The van der Waals surface area contributed by atoms with Crippen molar-refractivity contribution in [1.82, 2.24) is 0 Å². The first kappa shape index (κ1) is 12.3. The van der Waals surface area contributed by atoms with Gasteiger partial charge in [0.2, 0.25) is 0 Å². The molecule has 0 radical (unpaired) electrons. The number of para-hydroxylation sites is 1. The van der Waals surface area contributed by atoms with Gasteiger partial charge in [-0.05, 0) is 18.6 Å². The largest absolute Gasteiger partial charge is 0.493 e. The summed E-state index contributed by atoms with van der Waals surface area (Å²) in [5.41, 5.74) is 0. The number of carbonyl (C=O) groups excluding carboxylic acids is 1. The molecule has 3 nitrogen and oxygen atoms in total. The number of rotatable bonds is 6. The molecular weight excluding hydrogens is 204 g/mol. The Bertz CT molecular complexity index is 330. The molecule has 0 amide bonds. The van der Waals surface area contributed by atoms with Gasteiger partial charge in [0.15, 0.2) is 0 Å². The zero-order chi connectivity index (χ0) is 11.6. The average molecular weight is 220 g/mol. The van der Waals surface area contributed by atoms with Crippen LogP contribution in [0, 0.1) is 0 Å². The minimum absolute atomic E-state index is 0.222. The van der Waals surface area contributed by atoms with E-state index in [0.717, 1.165) is 12.2 Å². The summed E-state index contributed by atoms with van der Waals surface area (Å²) in [6.07, 6.45) is 4.81. The summed E-state index contributed by atoms with van der Waals surface area (Å²) in [5, 5.41) is 0. The van der Waals surface area contributed by atoms with Crippen LogP contribution in [0.4, 0.5) is 0 Å². The molecule has 0 aliphatic rings. The van der Waals surface area contributed by atoms with Gasteiger partial charge in [0, 0.05) is 0 Å². The van der Waals surface area contributed by atoms with E-state index in [1.165, 1.54) is 7.11 Å². The highest BCUT2D eigenvalue weighted by Gasteiger charge is 1.93. The molecule has 0 N–H and O–H groups in total. The van der Waals surface area contributed by atoms with Crippen LogP contribution in [-0.2, 0) is 9.53 Å². The van der Waals surface area contributed by atoms with Crippen LogP contribution in [0.1, 0.15) is 12.8 Å². The third kappa shape index (κ3) is 5.20. The molecule has 0 aliphatic carbocycles. The quantitative estimate of drug-likeness (QED) is 0.420. The maximum Gasteiger partial charge on any atom is 0.309 e. The molecular formula is C13H16O3. The lowest BCUT2D eigenvalue weighted by molar-refractivity contribution is -0.139. The Labute approximate surface area is 95.7 Å². The second-order valence-electron chi connectivity index (χ2n) is 3.20. The van der Waals surface area contributed by atoms with Gasteiger partial charge >= 0.3 is 5.97 Å². The van der Waals surface area contributed by atoms with Gasteiger partial charge in [-0.25, -0.2) is 0 Å². The van der Waals surface area contributed by atoms with Crippen molar-refractivity contribution in [2.24, 2.45) is 0 Å². The van der Waals surface area contributed by atoms with Crippen LogP contribution in [0.2, 0.25) is 0 Å². The zero-order valence-corrected chi connectivity index (χ0v) is 9.39. The predicted octanol–water partition coefficient (Wildman–Crippen LogP) is 2.57. The predicted molar refractivity (Wildman–Crippen MR) is 62.3 cm³/mol. The number of carbonyl (C=O) groups is 1. The first-order chi connectivity index (χ1) is 7.83. The molecule has 0 aliphatic heterocycles. The molecule has 0 saturated heterocycles. The van der Waals surface area contributed by atoms with Crippen LogP contribution in [0.25, 0.3) is 0 Å². The topological polar surface area (TPSA) is 35.5 Å². The molecule has 0 saturated carbocycles. The van der Waals surface area contributed by atoms with Crippen LogP contribution in [0.5, 0.6) is 5.75 Å². The van der Waals surface area contributed by atoms with E-state index in [9.17, 15) is 4.79 Å². The SMILES string of the molecule is COC(=O)CC=CCCOc1ccccc1. The molecule has 1 aromatic rings. The van der Waals surface area contributed by atoms with Gasteiger partial charge < -0.3 is 9.47 Å². The molecule has 0 fully saturated rings. The molecule has 0 unspecified atom stereocenters. The maximum atomic E-state index is 10.8. The minimum Gasteiger partial charge on any atom is -0.493 e. The smallest absolute Gasteiger partial charge is 0.309 e. The summed E-state index contributed by atoms with van der Waals surface area (Å²) < 4.78 is 9.98. The van der Waals surface area contributed by atoms with Crippen molar-refractivity contribution in [3.63, 3.8) is 0 Å². The Kier molecular flexibility index (Phi) is 5.78. The Morgan fingerprint density at radius 3 is 2.69 bits per heavy atom. The Morgan fingerprint density at radius 2 is 2.00 bits per heavy atom. The summed E-state index contributed by atoms with van der Waals surface area (Å²) >= 11 is 0. The van der Waals surface area contributed by atoms with Crippen LogP contribution in [-0.4, -0.2) is 19.7 Å². The summed E-state index contributed by atoms with van der Waals surface area (Å²) in [5.74, 6) is 0.643. The highest BCUT2D eigenvalue weighted by Crippen LogP contribution is 2.08. The lowest BCUT2D eigenvalue weighted by Gasteiger charge is -2.02. The van der Waals surface area contributed by atoms with Crippen molar-refractivity contribution in [2.45, 2.75) is 12.8 Å². The summed E-state index contributed by atoms with van der Waals surface area (Å²) in [7, 11) is 1.38. The van der Waals surface area contributed by atoms with E-state index in [4.69, 9.17) is 4.74 Å². The van der Waals surface area contributed by atoms with Gasteiger partial charge in [0.1, 0.15) is 5.75 Å². The standard InChI is InChI=1S/C13H16O3/c1-15-13(14)10-6-3-7-11-16-12-8-4-2-5-9-12/h2-6,8-9H,7,10-11H2,1H3. The average Bonchev–Trinajstić information content (AvgIpc) is 2.34. The van der Waals surface area contributed by atoms with E-state index >= 15 is 0 Å². The van der Waals surface area contributed by atoms with Crippen molar-refractivity contribution in [1.29, 1.82) is 0 Å². The minimum atomic E-state index is -0.222. The first-order valence-electron chi connectivity index (χ1n) is 5.22. The lowest BCUT2D eigenvalue weighted by atomic mass is 10.3. The maximum absolute atomic E-state index is 10.8. The fourth-order valence-electron chi connectivity index (χ4n) is 1.14. The third-order valence-electron chi connectivity index (χ3n) is 1.98.